The molecule has 1 aliphatic rings. The van der Waals surface area contributed by atoms with E-state index >= 15 is 0 Å². The highest BCUT2D eigenvalue weighted by atomic mass is 79.9. The molecule has 0 fully saturated rings. The first-order valence-corrected chi connectivity index (χ1v) is 6.85. The number of hydrogen-bond acceptors (Lipinski definition) is 3. The number of fused-ring (bicyclic) bond motifs is 1. The molecule has 3 nitrogen and oxygen atoms in total. The van der Waals surface area contributed by atoms with E-state index in [1.807, 2.05) is 31.2 Å². The lowest BCUT2D eigenvalue weighted by Crippen LogP contribution is -2.20. The van der Waals surface area contributed by atoms with Gasteiger partial charge in [-0.25, -0.2) is 0 Å². The maximum Gasteiger partial charge on any atom is 0.170 e. The first-order valence-electron chi connectivity index (χ1n) is 6.05. The van der Waals surface area contributed by atoms with E-state index in [0.717, 1.165) is 15.7 Å². The Morgan fingerprint density at radius 3 is 2.89 bits per heavy atom. The molecule has 0 aliphatic carbocycles. The van der Waals surface area contributed by atoms with Gasteiger partial charge in [-0.1, -0.05) is 22.0 Å². The predicted molar refractivity (Wildman–Crippen MR) is 75.4 cm³/mol. The van der Waals surface area contributed by atoms with Crippen LogP contribution in [0.4, 0.5) is 0 Å². The van der Waals surface area contributed by atoms with Crippen LogP contribution in [0, 0.1) is 6.92 Å². The van der Waals surface area contributed by atoms with Crippen molar-refractivity contribution in [2.75, 3.05) is 0 Å². The zero-order chi connectivity index (χ0) is 13.4. The predicted octanol–water partition coefficient (Wildman–Crippen LogP) is 3.86. The van der Waals surface area contributed by atoms with E-state index in [0.29, 0.717) is 17.7 Å². The Kier molecular flexibility index (Phi) is 3.11. The van der Waals surface area contributed by atoms with Crippen molar-refractivity contribution in [2.24, 2.45) is 0 Å². The molecule has 1 unspecified atom stereocenters. The summed E-state index contributed by atoms with van der Waals surface area (Å²) < 4.78 is 6.82. The van der Waals surface area contributed by atoms with E-state index in [-0.39, 0.29) is 11.9 Å². The summed E-state index contributed by atoms with van der Waals surface area (Å²) in [6.07, 6.45) is 1.89. The lowest BCUT2D eigenvalue weighted by Gasteiger charge is -2.25. The van der Waals surface area contributed by atoms with Gasteiger partial charge in [0.15, 0.2) is 5.78 Å². The summed E-state index contributed by atoms with van der Waals surface area (Å²) in [5, 5.41) is 0. The first kappa shape index (κ1) is 12.4. The molecule has 2 aromatic rings. The molecular weight excluding hydrogens is 306 g/mol. The summed E-state index contributed by atoms with van der Waals surface area (Å²) in [5.41, 5.74) is 2.54. The van der Waals surface area contributed by atoms with Gasteiger partial charge < -0.3 is 4.74 Å². The van der Waals surface area contributed by atoms with Crippen LogP contribution >= 0.6 is 15.9 Å². The molecule has 0 saturated carbocycles. The highest BCUT2D eigenvalue weighted by Gasteiger charge is 2.27. The van der Waals surface area contributed by atoms with Crippen LogP contribution in [0.5, 0.6) is 5.75 Å². The molecule has 0 bridgehead atoms. The van der Waals surface area contributed by atoms with Crippen molar-refractivity contribution in [1.29, 1.82) is 0 Å². The first-order chi connectivity index (χ1) is 9.13. The van der Waals surface area contributed by atoms with Crippen LogP contribution in [0.1, 0.15) is 34.1 Å². The number of benzene rings is 1. The lowest BCUT2D eigenvalue weighted by molar-refractivity contribution is 0.0849. The maximum absolute atomic E-state index is 12.1. The lowest BCUT2D eigenvalue weighted by atomic mass is 9.97. The topological polar surface area (TPSA) is 39.2 Å². The molecule has 0 saturated heterocycles. The molecule has 0 radical (unpaired) electrons. The number of carbonyl (C=O) groups excluding carboxylic acids is 1. The van der Waals surface area contributed by atoms with E-state index < -0.39 is 0 Å². The van der Waals surface area contributed by atoms with Gasteiger partial charge in [0.2, 0.25) is 0 Å². The summed E-state index contributed by atoms with van der Waals surface area (Å²) in [4.78, 5) is 16.4. The second-order valence-electron chi connectivity index (χ2n) is 4.61. The van der Waals surface area contributed by atoms with Gasteiger partial charge in [0, 0.05) is 21.9 Å². The van der Waals surface area contributed by atoms with E-state index in [2.05, 4.69) is 20.9 Å². The van der Waals surface area contributed by atoms with E-state index in [1.54, 1.807) is 12.3 Å². The molecule has 2 heterocycles. The number of pyridine rings is 1. The van der Waals surface area contributed by atoms with Gasteiger partial charge in [-0.15, -0.1) is 0 Å². The molecule has 1 atom stereocenters. The number of aryl methyl sites for hydroxylation is 1. The van der Waals surface area contributed by atoms with Crippen molar-refractivity contribution in [1.82, 2.24) is 4.98 Å². The Morgan fingerprint density at radius 1 is 1.32 bits per heavy atom. The molecule has 4 heteroatoms. The second-order valence-corrected chi connectivity index (χ2v) is 5.52. The van der Waals surface area contributed by atoms with Gasteiger partial charge in [0.25, 0.3) is 0 Å². The summed E-state index contributed by atoms with van der Waals surface area (Å²) in [7, 11) is 0. The zero-order valence-corrected chi connectivity index (χ0v) is 12.0. The fourth-order valence-corrected chi connectivity index (χ4v) is 2.49. The van der Waals surface area contributed by atoms with Crippen LogP contribution in [0.3, 0.4) is 0 Å². The molecule has 3 rings (SSSR count). The monoisotopic (exact) mass is 317 g/mol. The van der Waals surface area contributed by atoms with Gasteiger partial charge in [0.1, 0.15) is 11.9 Å². The van der Waals surface area contributed by atoms with Crippen molar-refractivity contribution in [3.05, 3.63) is 57.8 Å². The van der Waals surface area contributed by atoms with Crippen LogP contribution < -0.4 is 4.74 Å². The third-order valence-corrected chi connectivity index (χ3v) is 3.68. The van der Waals surface area contributed by atoms with E-state index in [1.165, 1.54) is 0 Å². The number of halogens is 1. The number of Topliss-reactive ketones (excluding diaryl/α,β-unsaturated/α-hetero) is 1. The van der Waals surface area contributed by atoms with Gasteiger partial charge in [-0.3, -0.25) is 9.78 Å². The summed E-state index contributed by atoms with van der Waals surface area (Å²) in [6.45, 7) is 1.93. The van der Waals surface area contributed by atoms with Gasteiger partial charge in [-0.2, -0.15) is 0 Å². The summed E-state index contributed by atoms with van der Waals surface area (Å²) in [6, 6.07) is 9.38. The zero-order valence-electron chi connectivity index (χ0n) is 10.4. The van der Waals surface area contributed by atoms with Crippen LogP contribution in [-0.4, -0.2) is 10.8 Å². The van der Waals surface area contributed by atoms with Crippen molar-refractivity contribution in [2.45, 2.75) is 19.4 Å². The van der Waals surface area contributed by atoms with Crippen LogP contribution in [0.25, 0.3) is 0 Å². The molecule has 0 N–H and O–H groups in total. The number of carbonyl (C=O) groups is 1. The average molecular weight is 318 g/mol. The minimum absolute atomic E-state index is 0.110. The fraction of sp³-hybridized carbons (Fsp3) is 0.200. The quantitative estimate of drug-likeness (QED) is 0.801. The molecule has 0 amide bonds. The highest BCUT2D eigenvalue weighted by molar-refractivity contribution is 9.10. The maximum atomic E-state index is 12.1. The Morgan fingerprint density at radius 2 is 2.16 bits per heavy atom. The van der Waals surface area contributed by atoms with Crippen LogP contribution in [0.2, 0.25) is 0 Å². The minimum Gasteiger partial charge on any atom is -0.484 e. The SMILES string of the molecule is Cc1ccc(C2CC(=O)c3ccc(Br)cc3O2)cn1. The Balaban J connectivity index is 1.96. The Hall–Kier alpha value is -1.68. The van der Waals surface area contributed by atoms with Crippen LogP contribution in [0.15, 0.2) is 41.0 Å². The third-order valence-electron chi connectivity index (χ3n) is 3.19. The standard InChI is InChI=1S/C15H12BrNO2/c1-9-2-3-10(8-17-9)14-7-13(18)12-5-4-11(16)6-15(12)19-14/h2-6,8,14H,7H2,1H3. The summed E-state index contributed by atoms with van der Waals surface area (Å²) >= 11 is 3.39. The van der Waals surface area contributed by atoms with Gasteiger partial charge >= 0.3 is 0 Å². The normalized spacial score (nSPS) is 17.8. The number of nitrogens with zero attached hydrogens (tertiary/aromatic N) is 1. The van der Waals surface area contributed by atoms with Crippen LogP contribution in [-0.2, 0) is 0 Å². The number of ether oxygens (including phenoxy) is 1. The smallest absolute Gasteiger partial charge is 0.170 e. The Bertz CT molecular complexity index is 637. The number of ketones is 1. The molecule has 0 spiro atoms. The number of aromatic nitrogens is 1. The third kappa shape index (κ3) is 2.40. The molecular formula is C15H12BrNO2. The average Bonchev–Trinajstić information content (AvgIpc) is 2.38. The molecule has 19 heavy (non-hydrogen) atoms. The number of rotatable bonds is 1. The Labute approximate surface area is 119 Å². The molecule has 1 aromatic carbocycles. The molecule has 96 valence electrons. The second kappa shape index (κ2) is 4.78. The van der Waals surface area contributed by atoms with Gasteiger partial charge in [-0.05, 0) is 31.2 Å². The highest BCUT2D eigenvalue weighted by Crippen LogP contribution is 2.36. The summed E-state index contributed by atoms with van der Waals surface area (Å²) in [5.74, 6) is 0.746. The number of hydrogen-bond donors (Lipinski definition) is 0. The van der Waals surface area contributed by atoms with Crippen molar-refractivity contribution >= 4 is 21.7 Å². The van der Waals surface area contributed by atoms with Gasteiger partial charge in [0.05, 0.1) is 12.0 Å². The molecule has 1 aromatic heterocycles. The van der Waals surface area contributed by atoms with Crippen molar-refractivity contribution in [3.8, 4) is 5.75 Å². The minimum atomic E-state index is -0.248. The van der Waals surface area contributed by atoms with Crippen molar-refractivity contribution < 1.29 is 9.53 Å². The van der Waals surface area contributed by atoms with Crippen molar-refractivity contribution in [3.63, 3.8) is 0 Å². The van der Waals surface area contributed by atoms with E-state index in [9.17, 15) is 4.79 Å². The van der Waals surface area contributed by atoms with E-state index in [4.69, 9.17) is 4.74 Å². The molecule has 1 aliphatic heterocycles. The fourth-order valence-electron chi connectivity index (χ4n) is 2.15. The largest absolute Gasteiger partial charge is 0.484 e.